The third kappa shape index (κ3) is 3.91. The lowest BCUT2D eigenvalue weighted by Crippen LogP contribution is -2.42. The standard InChI is InChI=1S/C26H30N6O4/c1-29-19-4-2-3-5-20(19)32-24-18(6-7-21(28-24)31-12-16-36-17-13-31)23(33)22(26(29)32)25(34)27-8-9-30-10-14-35-15-11-30/h2-7H,8-17H2,1H3,(H,27,34). The fourth-order valence-corrected chi connectivity index (χ4v) is 5.25. The maximum Gasteiger partial charge on any atom is 0.259 e. The van der Waals surface area contributed by atoms with Gasteiger partial charge in [0.15, 0.2) is 5.65 Å². The molecule has 1 N–H and O–H groups in total. The van der Waals surface area contributed by atoms with Gasteiger partial charge in [-0.1, -0.05) is 12.1 Å². The number of aromatic nitrogens is 3. The summed E-state index contributed by atoms with van der Waals surface area (Å²) in [6.45, 7) is 7.06. The van der Waals surface area contributed by atoms with E-state index in [2.05, 4.69) is 15.1 Å². The van der Waals surface area contributed by atoms with Gasteiger partial charge >= 0.3 is 0 Å². The zero-order valence-corrected chi connectivity index (χ0v) is 20.4. The van der Waals surface area contributed by atoms with E-state index in [-0.39, 0.29) is 16.9 Å². The zero-order valence-electron chi connectivity index (χ0n) is 20.4. The third-order valence-corrected chi connectivity index (χ3v) is 7.16. The number of anilines is 1. The number of benzene rings is 1. The van der Waals surface area contributed by atoms with Crippen LogP contribution in [0.3, 0.4) is 0 Å². The van der Waals surface area contributed by atoms with Crippen LogP contribution < -0.4 is 15.6 Å². The second-order valence-corrected chi connectivity index (χ2v) is 9.26. The van der Waals surface area contributed by atoms with Gasteiger partial charge in [-0.15, -0.1) is 0 Å². The molecule has 0 saturated carbocycles. The van der Waals surface area contributed by atoms with Crippen molar-refractivity contribution < 1.29 is 14.3 Å². The van der Waals surface area contributed by atoms with E-state index in [4.69, 9.17) is 14.5 Å². The second kappa shape index (κ2) is 9.53. The Morgan fingerprint density at radius 3 is 2.42 bits per heavy atom. The molecular formula is C26H30N6O4. The van der Waals surface area contributed by atoms with E-state index in [0.29, 0.717) is 56.2 Å². The van der Waals surface area contributed by atoms with E-state index in [1.807, 2.05) is 46.3 Å². The Morgan fingerprint density at radius 1 is 0.972 bits per heavy atom. The van der Waals surface area contributed by atoms with Crippen molar-refractivity contribution in [3.05, 3.63) is 52.2 Å². The van der Waals surface area contributed by atoms with Gasteiger partial charge in [-0.2, -0.15) is 0 Å². The molecule has 5 heterocycles. The summed E-state index contributed by atoms with van der Waals surface area (Å²) < 4.78 is 14.8. The van der Waals surface area contributed by atoms with Crippen LogP contribution in [0.25, 0.3) is 27.7 Å². The summed E-state index contributed by atoms with van der Waals surface area (Å²) in [5.74, 6) is 0.436. The number of ether oxygens (including phenoxy) is 2. The molecule has 0 atom stereocenters. The van der Waals surface area contributed by atoms with Gasteiger partial charge in [0, 0.05) is 46.3 Å². The predicted molar refractivity (Wildman–Crippen MR) is 138 cm³/mol. The Labute approximate surface area is 208 Å². The lowest BCUT2D eigenvalue weighted by Gasteiger charge is -2.28. The Bertz CT molecular complexity index is 1500. The van der Waals surface area contributed by atoms with Gasteiger partial charge in [0.25, 0.3) is 5.91 Å². The van der Waals surface area contributed by atoms with Crippen LogP contribution in [0.15, 0.2) is 41.2 Å². The zero-order chi connectivity index (χ0) is 24.6. The number of rotatable bonds is 5. The minimum absolute atomic E-state index is 0.143. The largest absolute Gasteiger partial charge is 0.379 e. The van der Waals surface area contributed by atoms with Crippen LogP contribution in [0.5, 0.6) is 0 Å². The molecule has 10 heteroatoms. The summed E-state index contributed by atoms with van der Waals surface area (Å²) in [6.07, 6.45) is 0. The normalized spacial score (nSPS) is 17.3. The Hall–Kier alpha value is -3.47. The van der Waals surface area contributed by atoms with Gasteiger partial charge in [-0.05, 0) is 24.3 Å². The minimum Gasteiger partial charge on any atom is -0.379 e. The van der Waals surface area contributed by atoms with Crippen molar-refractivity contribution in [1.82, 2.24) is 24.2 Å². The second-order valence-electron chi connectivity index (χ2n) is 9.26. The maximum absolute atomic E-state index is 13.8. The van der Waals surface area contributed by atoms with Gasteiger partial charge in [0.1, 0.15) is 17.0 Å². The van der Waals surface area contributed by atoms with Crippen LogP contribution in [0.2, 0.25) is 0 Å². The number of imidazole rings is 1. The molecule has 1 aromatic carbocycles. The molecule has 3 aromatic heterocycles. The first-order chi connectivity index (χ1) is 17.6. The van der Waals surface area contributed by atoms with Crippen molar-refractivity contribution in [2.24, 2.45) is 7.05 Å². The predicted octanol–water partition coefficient (Wildman–Crippen LogP) is 1.24. The first kappa shape index (κ1) is 23.0. The molecule has 188 valence electrons. The molecular weight excluding hydrogens is 460 g/mol. The van der Waals surface area contributed by atoms with E-state index in [1.165, 1.54) is 0 Å². The average molecular weight is 491 g/mol. The van der Waals surface area contributed by atoms with Gasteiger partial charge in [-0.3, -0.25) is 18.9 Å². The quantitative estimate of drug-likeness (QED) is 0.450. The topological polar surface area (TPSA) is 93.3 Å². The Kier molecular flexibility index (Phi) is 6.08. The Morgan fingerprint density at radius 2 is 1.67 bits per heavy atom. The van der Waals surface area contributed by atoms with Gasteiger partial charge in [-0.25, -0.2) is 4.98 Å². The lowest BCUT2D eigenvalue weighted by atomic mass is 10.1. The van der Waals surface area contributed by atoms with Crippen molar-refractivity contribution in [1.29, 1.82) is 0 Å². The molecule has 2 aliphatic heterocycles. The number of aryl methyl sites for hydroxylation is 1. The SMILES string of the molecule is Cn1c2ccccc2n2c3nc(N4CCOCC4)ccc3c(=O)c(C(=O)NCCN3CCOCC3)c12. The van der Waals surface area contributed by atoms with Gasteiger partial charge in [0.2, 0.25) is 5.43 Å². The molecule has 6 rings (SSSR count). The molecule has 36 heavy (non-hydrogen) atoms. The number of para-hydroxylation sites is 2. The number of fused-ring (bicyclic) bond motifs is 5. The molecule has 0 bridgehead atoms. The number of carbonyl (C=O) groups is 1. The summed E-state index contributed by atoms with van der Waals surface area (Å²) in [6, 6.07) is 11.6. The lowest BCUT2D eigenvalue weighted by molar-refractivity contribution is 0.0383. The number of carbonyl (C=O) groups excluding carboxylic acids is 1. The van der Waals surface area contributed by atoms with E-state index in [0.717, 1.165) is 43.0 Å². The highest BCUT2D eigenvalue weighted by Gasteiger charge is 2.25. The molecule has 2 aliphatic rings. The first-order valence-corrected chi connectivity index (χ1v) is 12.5. The maximum atomic E-state index is 13.8. The van der Waals surface area contributed by atoms with Crippen molar-refractivity contribution in [3.63, 3.8) is 0 Å². The smallest absolute Gasteiger partial charge is 0.259 e. The molecule has 4 aromatic rings. The van der Waals surface area contributed by atoms with Crippen molar-refractivity contribution in [2.45, 2.75) is 0 Å². The number of nitrogens with zero attached hydrogens (tertiary/aromatic N) is 5. The number of pyridine rings is 2. The summed E-state index contributed by atoms with van der Waals surface area (Å²) >= 11 is 0. The first-order valence-electron chi connectivity index (χ1n) is 12.5. The van der Waals surface area contributed by atoms with Crippen LogP contribution in [-0.4, -0.2) is 90.5 Å². The number of nitrogens with one attached hydrogen (secondary N) is 1. The molecule has 0 radical (unpaired) electrons. The monoisotopic (exact) mass is 490 g/mol. The van der Waals surface area contributed by atoms with E-state index < -0.39 is 0 Å². The summed E-state index contributed by atoms with van der Waals surface area (Å²) in [5.41, 5.74) is 2.76. The van der Waals surface area contributed by atoms with E-state index in [1.54, 1.807) is 6.07 Å². The van der Waals surface area contributed by atoms with Gasteiger partial charge < -0.3 is 24.3 Å². The molecule has 0 spiro atoms. The fourth-order valence-electron chi connectivity index (χ4n) is 5.25. The molecule has 2 saturated heterocycles. The number of hydrogen-bond donors (Lipinski definition) is 1. The van der Waals surface area contributed by atoms with Crippen LogP contribution in [0.1, 0.15) is 10.4 Å². The molecule has 0 unspecified atom stereocenters. The van der Waals surface area contributed by atoms with Crippen molar-refractivity contribution >= 4 is 39.4 Å². The molecule has 2 fully saturated rings. The van der Waals surface area contributed by atoms with Gasteiger partial charge in [0.05, 0.1) is 42.8 Å². The number of hydrogen-bond acceptors (Lipinski definition) is 7. The van der Waals surface area contributed by atoms with Crippen molar-refractivity contribution in [2.75, 3.05) is 70.6 Å². The van der Waals surface area contributed by atoms with Crippen LogP contribution >= 0.6 is 0 Å². The Balaban J connectivity index is 1.47. The summed E-state index contributed by atoms with van der Waals surface area (Å²) in [5, 5.41) is 3.42. The minimum atomic E-state index is -0.365. The molecule has 10 nitrogen and oxygen atoms in total. The van der Waals surface area contributed by atoms with Crippen LogP contribution in [0.4, 0.5) is 5.82 Å². The highest BCUT2D eigenvalue weighted by molar-refractivity contribution is 6.05. The average Bonchev–Trinajstić information content (AvgIpc) is 3.22. The summed E-state index contributed by atoms with van der Waals surface area (Å²) in [4.78, 5) is 36.6. The van der Waals surface area contributed by atoms with Crippen LogP contribution in [-0.2, 0) is 16.5 Å². The third-order valence-electron chi connectivity index (χ3n) is 7.16. The van der Waals surface area contributed by atoms with Crippen molar-refractivity contribution in [3.8, 4) is 0 Å². The molecule has 0 aliphatic carbocycles. The fraction of sp³-hybridized carbons (Fsp3) is 0.423. The van der Waals surface area contributed by atoms with E-state index >= 15 is 0 Å². The highest BCUT2D eigenvalue weighted by atomic mass is 16.5. The molecule has 1 amide bonds. The number of morpholine rings is 2. The summed E-state index contributed by atoms with van der Waals surface area (Å²) in [7, 11) is 1.89. The number of amides is 1. The van der Waals surface area contributed by atoms with E-state index in [9.17, 15) is 9.59 Å². The highest BCUT2D eigenvalue weighted by Crippen LogP contribution is 2.27. The van der Waals surface area contributed by atoms with Crippen LogP contribution in [0, 0.1) is 0 Å².